The van der Waals surface area contributed by atoms with Crippen molar-refractivity contribution >= 4 is 46.9 Å². The van der Waals surface area contributed by atoms with E-state index >= 15 is 0 Å². The molecule has 4 aromatic carbocycles. The van der Waals surface area contributed by atoms with Crippen LogP contribution in [0.2, 0.25) is 0 Å². The fourth-order valence-corrected chi connectivity index (χ4v) is 4.98. The molecule has 0 aliphatic carbocycles. The summed E-state index contributed by atoms with van der Waals surface area (Å²) in [4.78, 5) is 40.1. The van der Waals surface area contributed by atoms with Crippen LogP contribution in [0.15, 0.2) is 114 Å². The second-order valence-corrected chi connectivity index (χ2v) is 10.9. The maximum Gasteiger partial charge on any atom is 0.272 e. The van der Waals surface area contributed by atoms with Crippen molar-refractivity contribution in [1.29, 1.82) is 0 Å². The number of hydrogen-bond acceptors (Lipinski definition) is 4. The number of thioether (sulfide) groups is 1. The molecule has 41 heavy (non-hydrogen) atoms. The lowest BCUT2D eigenvalue weighted by molar-refractivity contribution is -0.116. The largest absolute Gasteiger partial charge is 0.325 e. The Balaban J connectivity index is 1.49. The average molecular weight is 564 g/mol. The van der Waals surface area contributed by atoms with Crippen LogP contribution in [0.25, 0.3) is 6.08 Å². The first-order chi connectivity index (χ1) is 19.8. The van der Waals surface area contributed by atoms with Crippen molar-refractivity contribution in [3.63, 3.8) is 0 Å². The minimum atomic E-state index is -0.457. The maximum absolute atomic E-state index is 13.4. The van der Waals surface area contributed by atoms with Crippen molar-refractivity contribution in [1.82, 2.24) is 5.32 Å². The number of nitrogens with one attached hydrogen (secondary N) is 3. The average Bonchev–Trinajstić information content (AvgIpc) is 2.98. The summed E-state index contributed by atoms with van der Waals surface area (Å²) in [6, 6.07) is 31.4. The zero-order valence-corrected chi connectivity index (χ0v) is 24.1. The Bertz CT molecular complexity index is 1530. The molecule has 0 aliphatic heterocycles. The Labute approximate surface area is 245 Å². The highest BCUT2D eigenvalue weighted by Gasteiger charge is 2.19. The molecule has 1 unspecified atom stereocenters. The molecule has 0 fully saturated rings. The van der Waals surface area contributed by atoms with Gasteiger partial charge >= 0.3 is 0 Å². The molecule has 6 nitrogen and oxygen atoms in total. The molecular formula is C34H33N3O3S. The summed E-state index contributed by atoms with van der Waals surface area (Å²) in [6.07, 6.45) is 2.28. The third kappa shape index (κ3) is 8.68. The molecule has 0 bridgehead atoms. The summed E-state index contributed by atoms with van der Waals surface area (Å²) in [5.74, 6) is -0.919. The van der Waals surface area contributed by atoms with Crippen LogP contribution in [0.4, 0.5) is 11.4 Å². The Kier molecular flexibility index (Phi) is 10.1. The van der Waals surface area contributed by atoms with Crippen LogP contribution in [0, 0.1) is 13.8 Å². The van der Waals surface area contributed by atoms with Crippen LogP contribution in [0.1, 0.15) is 40.4 Å². The molecule has 4 rings (SSSR count). The summed E-state index contributed by atoms with van der Waals surface area (Å²) < 4.78 is 0. The SMILES string of the molecule is CCC(Sc1cccc(NC(=O)/C(=C/c2ccc(C)cc2)NC(=O)c2ccccc2)c1)C(=O)Nc1ccc(C)cc1. The van der Waals surface area contributed by atoms with E-state index in [4.69, 9.17) is 0 Å². The van der Waals surface area contributed by atoms with Crippen molar-refractivity contribution in [2.24, 2.45) is 0 Å². The van der Waals surface area contributed by atoms with E-state index in [1.807, 2.05) is 93.6 Å². The molecule has 7 heteroatoms. The fraction of sp³-hybridized carbons (Fsp3) is 0.147. The second-order valence-electron chi connectivity index (χ2n) is 9.64. The lowest BCUT2D eigenvalue weighted by Gasteiger charge is -2.16. The summed E-state index contributed by atoms with van der Waals surface area (Å²) in [7, 11) is 0. The van der Waals surface area contributed by atoms with Gasteiger partial charge in [0.25, 0.3) is 11.8 Å². The van der Waals surface area contributed by atoms with E-state index in [2.05, 4.69) is 16.0 Å². The number of hydrogen-bond donors (Lipinski definition) is 3. The van der Waals surface area contributed by atoms with Crippen molar-refractivity contribution in [2.45, 2.75) is 37.3 Å². The van der Waals surface area contributed by atoms with Gasteiger partial charge in [0.1, 0.15) is 5.70 Å². The van der Waals surface area contributed by atoms with Gasteiger partial charge in [-0.2, -0.15) is 0 Å². The maximum atomic E-state index is 13.4. The third-order valence-electron chi connectivity index (χ3n) is 6.27. The molecule has 0 aromatic heterocycles. The summed E-state index contributed by atoms with van der Waals surface area (Å²) >= 11 is 1.43. The predicted octanol–water partition coefficient (Wildman–Crippen LogP) is 7.22. The minimum absolute atomic E-state index is 0.0808. The predicted molar refractivity (Wildman–Crippen MR) is 168 cm³/mol. The van der Waals surface area contributed by atoms with Gasteiger partial charge in [0.15, 0.2) is 0 Å². The van der Waals surface area contributed by atoms with E-state index in [1.165, 1.54) is 11.8 Å². The van der Waals surface area contributed by atoms with Crippen molar-refractivity contribution in [3.8, 4) is 0 Å². The zero-order valence-electron chi connectivity index (χ0n) is 23.3. The number of anilines is 2. The van der Waals surface area contributed by atoms with Gasteiger partial charge in [-0.05, 0) is 74.4 Å². The lowest BCUT2D eigenvalue weighted by Crippen LogP contribution is -2.30. The molecule has 0 spiro atoms. The van der Waals surface area contributed by atoms with Gasteiger partial charge < -0.3 is 16.0 Å². The molecule has 4 aromatic rings. The van der Waals surface area contributed by atoms with Crippen LogP contribution in [0.5, 0.6) is 0 Å². The van der Waals surface area contributed by atoms with Gasteiger partial charge in [0.2, 0.25) is 5.91 Å². The van der Waals surface area contributed by atoms with E-state index in [0.717, 1.165) is 27.3 Å². The van der Waals surface area contributed by atoms with Gasteiger partial charge in [0, 0.05) is 21.8 Å². The molecule has 0 aliphatic rings. The van der Waals surface area contributed by atoms with Crippen LogP contribution in [-0.4, -0.2) is 23.0 Å². The molecule has 0 saturated heterocycles. The van der Waals surface area contributed by atoms with Gasteiger partial charge in [0.05, 0.1) is 5.25 Å². The van der Waals surface area contributed by atoms with Gasteiger partial charge in [-0.25, -0.2) is 0 Å². The molecule has 0 heterocycles. The third-order valence-corrected chi connectivity index (χ3v) is 7.63. The number of amides is 3. The second kappa shape index (κ2) is 14.1. The highest BCUT2D eigenvalue weighted by molar-refractivity contribution is 8.00. The van der Waals surface area contributed by atoms with Gasteiger partial charge in [-0.3, -0.25) is 14.4 Å². The lowest BCUT2D eigenvalue weighted by atomic mass is 10.1. The van der Waals surface area contributed by atoms with Crippen LogP contribution in [-0.2, 0) is 9.59 Å². The fourth-order valence-electron chi connectivity index (χ4n) is 3.96. The van der Waals surface area contributed by atoms with E-state index in [9.17, 15) is 14.4 Å². The van der Waals surface area contributed by atoms with Crippen LogP contribution >= 0.6 is 11.8 Å². The van der Waals surface area contributed by atoms with Gasteiger partial charge in [-0.15, -0.1) is 11.8 Å². The van der Waals surface area contributed by atoms with Crippen molar-refractivity contribution < 1.29 is 14.4 Å². The Morgan fingerprint density at radius 3 is 2.07 bits per heavy atom. The van der Waals surface area contributed by atoms with Crippen molar-refractivity contribution in [2.75, 3.05) is 10.6 Å². The first-order valence-corrected chi connectivity index (χ1v) is 14.3. The highest BCUT2D eigenvalue weighted by atomic mass is 32.2. The smallest absolute Gasteiger partial charge is 0.272 e. The number of benzene rings is 4. The molecule has 3 N–H and O–H groups in total. The quantitative estimate of drug-likeness (QED) is 0.140. The molecule has 1 atom stereocenters. The van der Waals surface area contributed by atoms with E-state index in [0.29, 0.717) is 17.7 Å². The normalized spacial score (nSPS) is 11.8. The summed E-state index contributed by atoms with van der Waals surface area (Å²) in [5, 5.41) is 8.33. The topological polar surface area (TPSA) is 87.3 Å². The standard InChI is InChI=1S/C34H33N3O3S/c1-4-31(34(40)35-27-19-15-24(3)16-20-27)41-29-12-8-11-28(22-29)36-33(39)30(21-25-17-13-23(2)14-18-25)37-32(38)26-9-6-5-7-10-26/h5-22,31H,4H2,1-3H3,(H,35,40)(H,36,39)(H,37,38)/b30-21-. The zero-order chi connectivity index (χ0) is 29.2. The number of aryl methyl sites for hydroxylation is 2. The van der Waals surface area contributed by atoms with E-state index < -0.39 is 5.91 Å². The molecule has 208 valence electrons. The van der Waals surface area contributed by atoms with Crippen LogP contribution in [0.3, 0.4) is 0 Å². The minimum Gasteiger partial charge on any atom is -0.325 e. The molecule has 3 amide bonds. The first-order valence-electron chi connectivity index (χ1n) is 13.4. The number of rotatable bonds is 10. The van der Waals surface area contributed by atoms with Gasteiger partial charge in [-0.1, -0.05) is 78.7 Å². The van der Waals surface area contributed by atoms with Crippen molar-refractivity contribution in [3.05, 3.63) is 131 Å². The Hall–Kier alpha value is -4.62. The van der Waals surface area contributed by atoms with Crippen LogP contribution < -0.4 is 16.0 Å². The first kappa shape index (κ1) is 29.4. The summed E-state index contributed by atoms with van der Waals surface area (Å²) in [6.45, 7) is 5.95. The van der Waals surface area contributed by atoms with E-state index in [-0.39, 0.29) is 22.8 Å². The Morgan fingerprint density at radius 2 is 1.41 bits per heavy atom. The number of carbonyl (C=O) groups is 3. The van der Waals surface area contributed by atoms with E-state index in [1.54, 1.807) is 36.4 Å². The summed E-state index contributed by atoms with van der Waals surface area (Å²) in [5.41, 5.74) is 4.87. The highest BCUT2D eigenvalue weighted by Crippen LogP contribution is 2.29. The number of carbonyl (C=O) groups excluding carboxylic acids is 3. The monoisotopic (exact) mass is 563 g/mol. The molecular weight excluding hydrogens is 530 g/mol. The molecule has 0 radical (unpaired) electrons. The molecule has 0 saturated carbocycles. The Morgan fingerprint density at radius 1 is 0.756 bits per heavy atom.